The van der Waals surface area contributed by atoms with Gasteiger partial charge in [0.05, 0.1) is 5.69 Å². The van der Waals surface area contributed by atoms with Crippen LogP contribution in [0.4, 0.5) is 10.1 Å². The number of aromatic hydroxyl groups is 1. The second-order valence-electron chi connectivity index (χ2n) is 2.22. The lowest BCUT2D eigenvalue weighted by Gasteiger charge is -2.03. The van der Waals surface area contributed by atoms with Gasteiger partial charge in [0.2, 0.25) is 0 Å². The van der Waals surface area contributed by atoms with E-state index in [2.05, 4.69) is 4.72 Å². The zero-order valence-electron chi connectivity index (χ0n) is 6.37. The molecule has 1 rings (SSSR count). The van der Waals surface area contributed by atoms with Crippen molar-refractivity contribution in [1.29, 1.82) is 0 Å². The normalized spacial score (nSPS) is 12.5. The molecule has 1 atom stereocenters. The maximum atomic E-state index is 12.4. The van der Waals surface area contributed by atoms with E-state index in [0.717, 1.165) is 6.07 Å². The highest BCUT2D eigenvalue weighted by atomic mass is 32.2. The van der Waals surface area contributed by atoms with Crippen molar-refractivity contribution in [1.82, 2.24) is 0 Å². The Kier molecular flexibility index (Phi) is 2.65. The van der Waals surface area contributed by atoms with Crippen LogP contribution in [0.25, 0.3) is 0 Å². The molecular formula is C7H8FNO2S. The van der Waals surface area contributed by atoms with Crippen LogP contribution >= 0.6 is 0 Å². The van der Waals surface area contributed by atoms with Gasteiger partial charge < -0.3 is 9.83 Å². The molecule has 0 fully saturated rings. The van der Waals surface area contributed by atoms with Gasteiger partial charge in [-0.15, -0.1) is 0 Å². The maximum absolute atomic E-state index is 12.4. The molecule has 0 saturated heterocycles. The summed E-state index contributed by atoms with van der Waals surface area (Å²) in [6.07, 6.45) is 1.42. The maximum Gasteiger partial charge on any atom is 0.142 e. The monoisotopic (exact) mass is 189 g/mol. The van der Waals surface area contributed by atoms with Crippen LogP contribution in [-0.2, 0) is 11.0 Å². The van der Waals surface area contributed by atoms with Crippen LogP contribution < -0.4 is 4.72 Å². The Morgan fingerprint density at radius 3 is 2.75 bits per heavy atom. The van der Waals surface area contributed by atoms with E-state index < -0.39 is 16.8 Å². The van der Waals surface area contributed by atoms with Gasteiger partial charge in [-0.3, -0.25) is 0 Å². The van der Waals surface area contributed by atoms with E-state index >= 15 is 0 Å². The molecule has 1 aromatic carbocycles. The van der Waals surface area contributed by atoms with Crippen molar-refractivity contribution in [3.63, 3.8) is 0 Å². The van der Waals surface area contributed by atoms with Gasteiger partial charge in [0.1, 0.15) is 22.6 Å². The van der Waals surface area contributed by atoms with Crippen molar-refractivity contribution in [3.8, 4) is 5.75 Å². The van der Waals surface area contributed by atoms with Crippen LogP contribution in [0.5, 0.6) is 5.75 Å². The third-order valence-electron chi connectivity index (χ3n) is 1.21. The van der Waals surface area contributed by atoms with Gasteiger partial charge in [0.25, 0.3) is 0 Å². The Morgan fingerprint density at radius 1 is 1.58 bits per heavy atom. The molecule has 0 amide bonds. The third kappa shape index (κ3) is 2.20. The van der Waals surface area contributed by atoms with Crippen LogP contribution in [0.2, 0.25) is 0 Å². The Labute approximate surface area is 71.8 Å². The van der Waals surface area contributed by atoms with E-state index in [0.29, 0.717) is 0 Å². The first-order chi connectivity index (χ1) is 5.59. The minimum absolute atomic E-state index is 0.245. The molecule has 0 spiro atoms. The Morgan fingerprint density at radius 2 is 2.25 bits per heavy atom. The van der Waals surface area contributed by atoms with Crippen LogP contribution in [0.15, 0.2) is 18.2 Å². The van der Waals surface area contributed by atoms with E-state index in [1.165, 1.54) is 18.4 Å². The molecule has 0 bridgehead atoms. The van der Waals surface area contributed by atoms with Crippen molar-refractivity contribution in [3.05, 3.63) is 24.0 Å². The number of phenols is 1. The SMILES string of the molecule is CS(=O)Nc1ccc(F)cc1O. The molecule has 66 valence electrons. The molecule has 1 aromatic rings. The Bertz CT molecular complexity index is 316. The Balaban J connectivity index is 2.93. The topological polar surface area (TPSA) is 49.3 Å². The van der Waals surface area contributed by atoms with Crippen molar-refractivity contribution >= 4 is 16.7 Å². The van der Waals surface area contributed by atoms with E-state index in [1.807, 2.05) is 0 Å². The molecule has 0 aliphatic carbocycles. The van der Waals surface area contributed by atoms with Crippen molar-refractivity contribution in [2.24, 2.45) is 0 Å². The molecule has 3 nitrogen and oxygen atoms in total. The van der Waals surface area contributed by atoms with Gasteiger partial charge in [-0.05, 0) is 12.1 Å². The average Bonchev–Trinajstić information content (AvgIpc) is 1.94. The van der Waals surface area contributed by atoms with Gasteiger partial charge in [-0.2, -0.15) is 0 Å². The number of hydrogen-bond acceptors (Lipinski definition) is 2. The predicted molar refractivity (Wildman–Crippen MR) is 45.8 cm³/mol. The minimum Gasteiger partial charge on any atom is -0.506 e. The first-order valence-corrected chi connectivity index (χ1v) is 4.74. The van der Waals surface area contributed by atoms with E-state index in [-0.39, 0.29) is 11.4 Å². The van der Waals surface area contributed by atoms with E-state index in [9.17, 15) is 8.60 Å². The Hall–Kier alpha value is -1.10. The molecule has 2 N–H and O–H groups in total. The van der Waals surface area contributed by atoms with Crippen LogP contribution in [-0.4, -0.2) is 15.6 Å². The number of benzene rings is 1. The minimum atomic E-state index is -1.27. The van der Waals surface area contributed by atoms with E-state index in [4.69, 9.17) is 5.11 Å². The lowest BCUT2D eigenvalue weighted by molar-refractivity contribution is 0.472. The molecule has 0 saturated carbocycles. The number of anilines is 1. The van der Waals surface area contributed by atoms with Crippen LogP contribution in [0.1, 0.15) is 0 Å². The molecule has 5 heteroatoms. The molecule has 0 radical (unpaired) electrons. The fraction of sp³-hybridized carbons (Fsp3) is 0.143. The summed E-state index contributed by atoms with van der Waals surface area (Å²) in [7, 11) is -1.27. The summed E-state index contributed by atoms with van der Waals surface area (Å²) < 4.78 is 25.5. The molecular weight excluding hydrogens is 181 g/mol. The molecule has 0 aliphatic rings. The van der Waals surface area contributed by atoms with Crippen molar-refractivity contribution < 1.29 is 13.7 Å². The molecule has 0 aromatic heterocycles. The lowest BCUT2D eigenvalue weighted by Crippen LogP contribution is -2.01. The highest BCUT2D eigenvalue weighted by Gasteiger charge is 2.02. The fourth-order valence-corrected chi connectivity index (χ4v) is 1.23. The fourth-order valence-electron chi connectivity index (χ4n) is 0.746. The predicted octanol–water partition coefficient (Wildman–Crippen LogP) is 1.24. The smallest absolute Gasteiger partial charge is 0.142 e. The van der Waals surface area contributed by atoms with Crippen LogP contribution in [0.3, 0.4) is 0 Å². The number of halogens is 1. The zero-order valence-corrected chi connectivity index (χ0v) is 7.19. The summed E-state index contributed by atoms with van der Waals surface area (Å²) in [4.78, 5) is 0. The van der Waals surface area contributed by atoms with E-state index in [1.54, 1.807) is 0 Å². The number of hydrogen-bond donors (Lipinski definition) is 2. The van der Waals surface area contributed by atoms with Crippen molar-refractivity contribution in [2.45, 2.75) is 0 Å². The first kappa shape index (κ1) is 8.99. The summed E-state index contributed by atoms with van der Waals surface area (Å²) in [6.45, 7) is 0. The van der Waals surface area contributed by atoms with Gasteiger partial charge in [0.15, 0.2) is 0 Å². The number of rotatable bonds is 2. The summed E-state index contributed by atoms with van der Waals surface area (Å²) in [5, 5.41) is 9.10. The highest BCUT2D eigenvalue weighted by Crippen LogP contribution is 2.23. The third-order valence-corrected chi connectivity index (χ3v) is 1.72. The average molecular weight is 189 g/mol. The second-order valence-corrected chi connectivity index (χ2v) is 3.33. The number of nitrogens with one attached hydrogen (secondary N) is 1. The van der Waals surface area contributed by atoms with Gasteiger partial charge in [-0.1, -0.05) is 0 Å². The zero-order chi connectivity index (χ0) is 9.14. The highest BCUT2D eigenvalue weighted by molar-refractivity contribution is 7.85. The molecule has 12 heavy (non-hydrogen) atoms. The standard InChI is InChI=1S/C7H8FNO2S/c1-12(11)9-6-3-2-5(8)4-7(6)10/h2-4,9-10H,1H3. The summed E-state index contributed by atoms with van der Waals surface area (Å²) in [6, 6.07) is 3.45. The second kappa shape index (κ2) is 3.53. The lowest BCUT2D eigenvalue weighted by atomic mass is 10.3. The summed E-state index contributed by atoms with van der Waals surface area (Å²) in [5.41, 5.74) is 0.261. The van der Waals surface area contributed by atoms with Gasteiger partial charge in [-0.25, -0.2) is 8.60 Å². The summed E-state index contributed by atoms with van der Waals surface area (Å²) in [5.74, 6) is -0.773. The molecule has 1 unspecified atom stereocenters. The van der Waals surface area contributed by atoms with Gasteiger partial charge in [0, 0.05) is 12.3 Å². The summed E-state index contributed by atoms with van der Waals surface area (Å²) >= 11 is 0. The van der Waals surface area contributed by atoms with Crippen LogP contribution in [0, 0.1) is 5.82 Å². The quantitative estimate of drug-likeness (QED) is 0.687. The molecule has 0 heterocycles. The first-order valence-electron chi connectivity index (χ1n) is 3.18. The van der Waals surface area contributed by atoms with Crippen molar-refractivity contribution in [2.75, 3.05) is 11.0 Å². The number of phenolic OH excluding ortho intramolecular Hbond substituents is 1. The largest absolute Gasteiger partial charge is 0.506 e. The van der Waals surface area contributed by atoms with Gasteiger partial charge >= 0.3 is 0 Å². The molecule has 0 aliphatic heterocycles.